The fourth-order valence-electron chi connectivity index (χ4n) is 1.54. The first-order valence-electron chi connectivity index (χ1n) is 5.58. The molecule has 0 heterocycles. The number of nitrogens with zero attached hydrogens (tertiary/aromatic N) is 1. The molecule has 7 heteroatoms. The summed E-state index contributed by atoms with van der Waals surface area (Å²) in [6.45, 7) is 0. The Morgan fingerprint density at radius 3 is 2.40 bits per heavy atom. The molecular weight excluding hydrogens is 282 g/mol. The highest BCUT2D eigenvalue weighted by Crippen LogP contribution is 2.21. The van der Waals surface area contributed by atoms with Crippen molar-refractivity contribution in [1.29, 1.82) is 0 Å². The van der Waals surface area contributed by atoms with Crippen LogP contribution in [0, 0.1) is 10.1 Å². The third-order valence-corrected chi connectivity index (χ3v) is 2.93. The number of amides is 1. The van der Waals surface area contributed by atoms with Crippen LogP contribution in [0.3, 0.4) is 0 Å². The molecule has 102 valence electrons. The van der Waals surface area contributed by atoms with Gasteiger partial charge in [-0.1, -0.05) is 11.6 Å². The molecule has 0 atom stereocenters. The van der Waals surface area contributed by atoms with Gasteiger partial charge in [0.25, 0.3) is 11.6 Å². The van der Waals surface area contributed by atoms with E-state index in [4.69, 9.17) is 17.3 Å². The van der Waals surface area contributed by atoms with E-state index in [9.17, 15) is 14.9 Å². The summed E-state index contributed by atoms with van der Waals surface area (Å²) < 4.78 is 0. The van der Waals surface area contributed by atoms with Crippen molar-refractivity contribution in [3.63, 3.8) is 0 Å². The summed E-state index contributed by atoms with van der Waals surface area (Å²) in [6.07, 6.45) is 0. The summed E-state index contributed by atoms with van der Waals surface area (Å²) in [5.41, 5.74) is 6.71. The minimum absolute atomic E-state index is 0.0430. The van der Waals surface area contributed by atoms with Gasteiger partial charge in [-0.3, -0.25) is 14.9 Å². The lowest BCUT2D eigenvalue weighted by atomic mass is 10.2. The second-order valence-electron chi connectivity index (χ2n) is 3.99. The number of nitro benzene ring substituents is 1. The van der Waals surface area contributed by atoms with E-state index in [0.29, 0.717) is 22.0 Å². The zero-order valence-electron chi connectivity index (χ0n) is 10.2. The van der Waals surface area contributed by atoms with Crippen LogP contribution in [-0.4, -0.2) is 10.8 Å². The Labute approximate surface area is 119 Å². The number of hydrogen-bond donors (Lipinski definition) is 2. The summed E-state index contributed by atoms with van der Waals surface area (Å²) >= 11 is 5.84. The molecule has 3 N–H and O–H groups in total. The maximum atomic E-state index is 12.0. The topological polar surface area (TPSA) is 98.3 Å². The fourth-order valence-corrected chi connectivity index (χ4v) is 1.72. The Bertz CT molecular complexity index is 671. The first-order chi connectivity index (χ1) is 9.47. The van der Waals surface area contributed by atoms with E-state index in [1.807, 2.05) is 0 Å². The smallest absolute Gasteiger partial charge is 0.269 e. The van der Waals surface area contributed by atoms with Crippen LogP contribution in [0.25, 0.3) is 0 Å². The molecule has 0 aliphatic rings. The Hall–Kier alpha value is -2.60. The molecule has 0 spiro atoms. The average Bonchev–Trinajstić information content (AvgIpc) is 2.42. The van der Waals surface area contributed by atoms with Crippen LogP contribution in [0.4, 0.5) is 17.1 Å². The van der Waals surface area contributed by atoms with Gasteiger partial charge in [0.2, 0.25) is 0 Å². The first-order valence-corrected chi connectivity index (χ1v) is 5.96. The quantitative estimate of drug-likeness (QED) is 0.516. The van der Waals surface area contributed by atoms with Crippen molar-refractivity contribution in [2.45, 2.75) is 0 Å². The number of non-ortho nitro benzene ring substituents is 1. The van der Waals surface area contributed by atoms with Crippen LogP contribution in [-0.2, 0) is 0 Å². The molecule has 0 radical (unpaired) electrons. The average molecular weight is 292 g/mol. The molecule has 0 unspecified atom stereocenters. The van der Waals surface area contributed by atoms with Gasteiger partial charge in [0.05, 0.1) is 15.6 Å². The van der Waals surface area contributed by atoms with E-state index in [2.05, 4.69) is 5.32 Å². The Morgan fingerprint density at radius 2 is 1.85 bits per heavy atom. The highest BCUT2D eigenvalue weighted by Gasteiger charge is 2.09. The van der Waals surface area contributed by atoms with Crippen molar-refractivity contribution in [3.05, 3.63) is 63.2 Å². The lowest BCUT2D eigenvalue weighted by Crippen LogP contribution is -2.12. The van der Waals surface area contributed by atoms with Crippen molar-refractivity contribution in [3.8, 4) is 0 Å². The lowest BCUT2D eigenvalue weighted by molar-refractivity contribution is -0.384. The van der Waals surface area contributed by atoms with Gasteiger partial charge in [0, 0.05) is 23.4 Å². The summed E-state index contributed by atoms with van der Waals surface area (Å²) in [7, 11) is 0. The maximum Gasteiger partial charge on any atom is 0.269 e. The molecular formula is C13H10ClN3O3. The highest BCUT2D eigenvalue weighted by atomic mass is 35.5. The minimum atomic E-state index is -0.509. The van der Waals surface area contributed by atoms with E-state index in [0.717, 1.165) is 0 Å². The van der Waals surface area contributed by atoms with Crippen molar-refractivity contribution in [2.24, 2.45) is 0 Å². The summed E-state index contributed by atoms with van der Waals surface area (Å²) in [5.74, 6) is -0.374. The van der Waals surface area contributed by atoms with Crippen LogP contribution in [0.2, 0.25) is 5.02 Å². The monoisotopic (exact) mass is 291 g/mol. The van der Waals surface area contributed by atoms with Crippen LogP contribution >= 0.6 is 11.6 Å². The molecule has 20 heavy (non-hydrogen) atoms. The second kappa shape index (κ2) is 5.58. The minimum Gasteiger partial charge on any atom is -0.398 e. The number of nitrogens with one attached hydrogen (secondary N) is 1. The summed E-state index contributed by atoms with van der Waals surface area (Å²) in [5, 5.41) is 13.4. The van der Waals surface area contributed by atoms with E-state index in [1.54, 1.807) is 6.07 Å². The van der Waals surface area contributed by atoms with E-state index in [1.165, 1.54) is 36.4 Å². The molecule has 0 aliphatic carbocycles. The lowest BCUT2D eigenvalue weighted by Gasteiger charge is -2.06. The number of nitrogens with two attached hydrogens (primary N) is 1. The SMILES string of the molecule is Nc1ccc(C(=O)Nc2ccc([N+](=O)[O-])cc2)cc1Cl. The van der Waals surface area contributed by atoms with E-state index >= 15 is 0 Å². The van der Waals surface area contributed by atoms with Gasteiger partial charge >= 0.3 is 0 Å². The number of benzene rings is 2. The van der Waals surface area contributed by atoms with Crippen LogP contribution in [0.5, 0.6) is 0 Å². The van der Waals surface area contributed by atoms with E-state index in [-0.39, 0.29) is 11.6 Å². The van der Waals surface area contributed by atoms with Crippen molar-refractivity contribution in [2.75, 3.05) is 11.1 Å². The predicted molar refractivity (Wildman–Crippen MR) is 76.9 cm³/mol. The third-order valence-electron chi connectivity index (χ3n) is 2.60. The summed E-state index contributed by atoms with van der Waals surface area (Å²) in [4.78, 5) is 22.0. The number of halogens is 1. The molecule has 0 aliphatic heterocycles. The maximum absolute atomic E-state index is 12.0. The zero-order valence-corrected chi connectivity index (χ0v) is 10.9. The Morgan fingerprint density at radius 1 is 1.20 bits per heavy atom. The van der Waals surface area contributed by atoms with Gasteiger partial charge in [-0.2, -0.15) is 0 Å². The molecule has 2 rings (SSSR count). The van der Waals surface area contributed by atoms with Gasteiger partial charge in [-0.25, -0.2) is 0 Å². The van der Waals surface area contributed by atoms with Gasteiger partial charge < -0.3 is 11.1 Å². The standard InChI is InChI=1S/C13H10ClN3O3/c14-11-7-8(1-6-12(11)15)13(18)16-9-2-4-10(5-3-9)17(19)20/h1-7H,15H2,(H,16,18). The van der Waals surface area contributed by atoms with Gasteiger partial charge in [0.1, 0.15) is 0 Å². The van der Waals surface area contributed by atoms with Gasteiger partial charge in [0.15, 0.2) is 0 Å². The molecule has 2 aromatic rings. The largest absolute Gasteiger partial charge is 0.398 e. The van der Waals surface area contributed by atoms with Crippen molar-refractivity contribution in [1.82, 2.24) is 0 Å². The molecule has 1 amide bonds. The second-order valence-corrected chi connectivity index (χ2v) is 4.40. The third kappa shape index (κ3) is 3.04. The van der Waals surface area contributed by atoms with E-state index < -0.39 is 4.92 Å². The highest BCUT2D eigenvalue weighted by molar-refractivity contribution is 6.33. The Kier molecular flexibility index (Phi) is 3.86. The summed E-state index contributed by atoms with van der Waals surface area (Å²) in [6, 6.07) is 10.1. The molecule has 0 saturated carbocycles. The Balaban J connectivity index is 2.14. The molecule has 0 fully saturated rings. The molecule has 0 bridgehead atoms. The number of rotatable bonds is 3. The van der Waals surface area contributed by atoms with Crippen molar-refractivity contribution < 1.29 is 9.72 Å². The van der Waals surface area contributed by atoms with Crippen molar-refractivity contribution >= 4 is 34.6 Å². The molecule has 2 aromatic carbocycles. The van der Waals surface area contributed by atoms with Crippen LogP contribution in [0.15, 0.2) is 42.5 Å². The predicted octanol–water partition coefficient (Wildman–Crippen LogP) is 3.08. The number of anilines is 2. The first kappa shape index (κ1) is 13.8. The number of hydrogen-bond acceptors (Lipinski definition) is 4. The normalized spacial score (nSPS) is 10.1. The fraction of sp³-hybridized carbons (Fsp3) is 0. The van der Waals surface area contributed by atoms with Crippen LogP contribution in [0.1, 0.15) is 10.4 Å². The molecule has 0 aromatic heterocycles. The number of nitro groups is 1. The zero-order chi connectivity index (χ0) is 14.7. The molecule has 6 nitrogen and oxygen atoms in total. The molecule has 0 saturated heterocycles. The number of carbonyl (C=O) groups is 1. The van der Waals surface area contributed by atoms with Gasteiger partial charge in [-0.15, -0.1) is 0 Å². The van der Waals surface area contributed by atoms with Gasteiger partial charge in [-0.05, 0) is 30.3 Å². The van der Waals surface area contributed by atoms with Crippen LogP contribution < -0.4 is 11.1 Å². The number of carbonyl (C=O) groups excluding carboxylic acids is 1. The number of nitrogen functional groups attached to an aromatic ring is 1.